The Morgan fingerprint density at radius 1 is 1.36 bits per heavy atom. The van der Waals surface area contributed by atoms with Crippen LogP contribution in [0.5, 0.6) is 0 Å². The highest BCUT2D eigenvalue weighted by Gasteiger charge is 2.07. The fourth-order valence-electron chi connectivity index (χ4n) is 0.998. The van der Waals surface area contributed by atoms with Crippen molar-refractivity contribution in [3.05, 3.63) is 28.2 Å². The zero-order chi connectivity index (χ0) is 8.59. The molecule has 0 bridgehead atoms. The summed E-state index contributed by atoms with van der Waals surface area (Å²) in [6, 6.07) is 0. The Morgan fingerprint density at radius 2 is 1.91 bits per heavy atom. The van der Waals surface area contributed by atoms with E-state index >= 15 is 0 Å². The van der Waals surface area contributed by atoms with E-state index in [0.717, 1.165) is 21.3 Å². The third kappa shape index (κ3) is 1.23. The summed E-state index contributed by atoms with van der Waals surface area (Å²) in [4.78, 5) is 0. The average molecular weight is 147 g/mol. The number of nitrogens with zero attached hydrogens (tertiary/aromatic N) is 1. The van der Waals surface area contributed by atoms with Crippen LogP contribution in [0.4, 0.5) is 0 Å². The predicted octanol–water partition coefficient (Wildman–Crippen LogP) is 0.0391. The van der Waals surface area contributed by atoms with Crippen molar-refractivity contribution in [2.24, 2.45) is 0 Å². The summed E-state index contributed by atoms with van der Waals surface area (Å²) in [7, 11) is 5.70. The van der Waals surface area contributed by atoms with Gasteiger partial charge in [0, 0.05) is 18.1 Å². The summed E-state index contributed by atoms with van der Waals surface area (Å²) in [6.45, 7) is 5.44. The smallest absolute Gasteiger partial charge is 0.191 e. The highest BCUT2D eigenvalue weighted by Crippen LogP contribution is 1.98. The van der Waals surface area contributed by atoms with Gasteiger partial charge in [-0.3, -0.25) is 0 Å². The van der Waals surface area contributed by atoms with Crippen LogP contribution in [0.1, 0.15) is 16.8 Å². The number of aryl methyl sites for hydroxylation is 1. The Balaban J connectivity index is 3.46. The molecule has 56 valence electrons. The molecule has 0 N–H and O–H groups in total. The van der Waals surface area contributed by atoms with Gasteiger partial charge < -0.3 is 5.21 Å². The van der Waals surface area contributed by atoms with Gasteiger partial charge in [0.05, 0.1) is 0 Å². The van der Waals surface area contributed by atoms with Gasteiger partial charge in [-0.05, 0) is 13.8 Å². The second kappa shape index (κ2) is 2.57. The minimum atomic E-state index is 0.674. The second-order valence-corrected chi connectivity index (χ2v) is 2.76. The summed E-state index contributed by atoms with van der Waals surface area (Å²) >= 11 is 0. The fourth-order valence-corrected chi connectivity index (χ4v) is 0.998. The van der Waals surface area contributed by atoms with Gasteiger partial charge in [-0.2, -0.15) is 4.73 Å². The first-order valence-electron chi connectivity index (χ1n) is 3.49. The standard InChI is InChI=1S/C8H10BNO/c1-5-4-10(11)7(3)6(2)8(5)9/h4H,1-3H3. The topological polar surface area (TPSA) is 26.9 Å². The van der Waals surface area contributed by atoms with Gasteiger partial charge in [0.25, 0.3) is 0 Å². The molecule has 3 heteroatoms. The van der Waals surface area contributed by atoms with Crippen molar-refractivity contribution in [2.75, 3.05) is 0 Å². The monoisotopic (exact) mass is 147 g/mol. The van der Waals surface area contributed by atoms with E-state index in [1.807, 2.05) is 13.8 Å². The number of hydrogen-bond acceptors (Lipinski definition) is 1. The lowest BCUT2D eigenvalue weighted by Gasteiger charge is -2.08. The number of hydrogen-bond donors (Lipinski definition) is 0. The van der Waals surface area contributed by atoms with Crippen LogP contribution < -0.4 is 10.2 Å². The van der Waals surface area contributed by atoms with Crippen molar-refractivity contribution in [1.29, 1.82) is 0 Å². The number of rotatable bonds is 0. The molecule has 1 aromatic heterocycles. The Labute approximate surface area is 67.9 Å². The van der Waals surface area contributed by atoms with Crippen LogP contribution in [0.3, 0.4) is 0 Å². The van der Waals surface area contributed by atoms with Gasteiger partial charge in [-0.1, -0.05) is 5.46 Å². The Hall–Kier alpha value is -0.985. The molecule has 0 aliphatic heterocycles. The van der Waals surface area contributed by atoms with Gasteiger partial charge in [0.1, 0.15) is 7.85 Å². The van der Waals surface area contributed by atoms with E-state index < -0.39 is 0 Å². The lowest BCUT2D eigenvalue weighted by Crippen LogP contribution is -2.35. The van der Waals surface area contributed by atoms with E-state index in [2.05, 4.69) is 0 Å². The maximum absolute atomic E-state index is 11.1. The van der Waals surface area contributed by atoms with Crippen LogP contribution in [0, 0.1) is 26.0 Å². The predicted molar refractivity (Wildman–Crippen MR) is 45.0 cm³/mol. The molecule has 0 amide bonds. The zero-order valence-corrected chi connectivity index (χ0v) is 7.01. The highest BCUT2D eigenvalue weighted by molar-refractivity contribution is 6.34. The van der Waals surface area contributed by atoms with E-state index in [-0.39, 0.29) is 0 Å². The minimum absolute atomic E-state index is 0.674. The molecular formula is C8H10BNO. The third-order valence-corrected chi connectivity index (χ3v) is 2.01. The molecule has 1 heterocycles. The fraction of sp³-hybridized carbons (Fsp3) is 0.375. The summed E-state index contributed by atoms with van der Waals surface area (Å²) in [6.07, 6.45) is 1.50. The normalized spacial score (nSPS) is 10.1. The molecule has 1 rings (SSSR count). The molecule has 0 spiro atoms. The third-order valence-electron chi connectivity index (χ3n) is 2.01. The lowest BCUT2D eigenvalue weighted by atomic mass is 9.87. The molecule has 2 nitrogen and oxygen atoms in total. The molecule has 0 aliphatic carbocycles. The van der Waals surface area contributed by atoms with Crippen LogP contribution in [0.25, 0.3) is 0 Å². The van der Waals surface area contributed by atoms with Gasteiger partial charge in [0.15, 0.2) is 11.9 Å². The molecule has 0 saturated carbocycles. The summed E-state index contributed by atoms with van der Waals surface area (Å²) in [5, 5.41) is 11.1. The van der Waals surface area contributed by atoms with Gasteiger partial charge in [-0.15, -0.1) is 0 Å². The molecule has 0 aromatic carbocycles. The highest BCUT2D eigenvalue weighted by atomic mass is 16.5. The first-order chi connectivity index (χ1) is 5.04. The molecule has 11 heavy (non-hydrogen) atoms. The van der Waals surface area contributed by atoms with Crippen molar-refractivity contribution >= 4 is 13.3 Å². The van der Waals surface area contributed by atoms with Crippen molar-refractivity contribution in [3.63, 3.8) is 0 Å². The molecule has 0 fully saturated rings. The molecule has 0 saturated heterocycles. The second-order valence-electron chi connectivity index (χ2n) is 2.76. The summed E-state index contributed by atoms with van der Waals surface area (Å²) in [5.74, 6) is 0. The van der Waals surface area contributed by atoms with E-state index in [1.165, 1.54) is 6.20 Å². The van der Waals surface area contributed by atoms with Crippen LogP contribution in [-0.4, -0.2) is 7.85 Å². The Morgan fingerprint density at radius 3 is 2.45 bits per heavy atom. The Kier molecular flexibility index (Phi) is 1.89. The quantitative estimate of drug-likeness (QED) is 0.289. The van der Waals surface area contributed by atoms with Gasteiger partial charge in [-0.25, -0.2) is 0 Å². The minimum Gasteiger partial charge on any atom is -0.618 e. The molecular weight excluding hydrogens is 137 g/mol. The van der Waals surface area contributed by atoms with E-state index in [1.54, 1.807) is 6.92 Å². The summed E-state index contributed by atoms with van der Waals surface area (Å²) < 4.78 is 0.848. The maximum atomic E-state index is 11.1. The van der Waals surface area contributed by atoms with Crippen LogP contribution >= 0.6 is 0 Å². The van der Waals surface area contributed by atoms with Crippen LogP contribution in [0.2, 0.25) is 0 Å². The Bertz CT molecular complexity index is 270. The number of aromatic nitrogens is 1. The molecule has 0 atom stereocenters. The zero-order valence-electron chi connectivity index (χ0n) is 7.01. The van der Waals surface area contributed by atoms with Crippen molar-refractivity contribution in [1.82, 2.24) is 0 Å². The SMILES string of the molecule is [B]c1c(C)c[n+]([O-])c(C)c1C. The largest absolute Gasteiger partial charge is 0.618 e. The summed E-state index contributed by atoms with van der Waals surface area (Å²) in [5.41, 5.74) is 3.10. The van der Waals surface area contributed by atoms with Gasteiger partial charge >= 0.3 is 0 Å². The molecule has 0 aliphatic rings. The van der Waals surface area contributed by atoms with Crippen molar-refractivity contribution in [3.8, 4) is 0 Å². The molecule has 2 radical (unpaired) electrons. The van der Waals surface area contributed by atoms with Crippen molar-refractivity contribution < 1.29 is 4.73 Å². The van der Waals surface area contributed by atoms with Crippen LogP contribution in [-0.2, 0) is 0 Å². The molecule has 1 aromatic rings. The van der Waals surface area contributed by atoms with Gasteiger partial charge in [0.2, 0.25) is 0 Å². The molecule has 0 unspecified atom stereocenters. The first-order valence-corrected chi connectivity index (χ1v) is 3.49. The maximum Gasteiger partial charge on any atom is 0.191 e. The van der Waals surface area contributed by atoms with E-state index in [9.17, 15) is 5.21 Å². The van der Waals surface area contributed by atoms with E-state index in [0.29, 0.717) is 5.69 Å². The van der Waals surface area contributed by atoms with Crippen molar-refractivity contribution in [2.45, 2.75) is 20.8 Å². The first kappa shape index (κ1) is 8.11. The lowest BCUT2D eigenvalue weighted by molar-refractivity contribution is -0.612. The van der Waals surface area contributed by atoms with Crippen LogP contribution in [0.15, 0.2) is 6.20 Å². The van der Waals surface area contributed by atoms with E-state index in [4.69, 9.17) is 7.85 Å². The average Bonchev–Trinajstić information content (AvgIpc) is 1.97. The number of pyridine rings is 1.